The maximum atomic E-state index is 11.4. The first kappa shape index (κ1) is 11.7. The van der Waals surface area contributed by atoms with Crippen LogP contribution in [-0.2, 0) is 16.0 Å². The molecule has 2 N–H and O–H groups in total. The van der Waals surface area contributed by atoms with Gasteiger partial charge in [0, 0.05) is 11.1 Å². The van der Waals surface area contributed by atoms with E-state index >= 15 is 0 Å². The SMILES string of the molecule is O=C(O)C(=O)C1=C(O)c2c(Cl)cccc2CC1. The number of halogens is 1. The molecule has 1 aromatic rings. The molecule has 1 aromatic carbocycles. The average Bonchev–Trinajstić information content (AvgIpc) is 2.28. The normalized spacial score (nSPS) is 14.4. The van der Waals surface area contributed by atoms with E-state index in [1.165, 1.54) is 0 Å². The fourth-order valence-electron chi connectivity index (χ4n) is 1.92. The highest BCUT2D eigenvalue weighted by Crippen LogP contribution is 2.34. The van der Waals surface area contributed by atoms with Gasteiger partial charge in [0.05, 0.1) is 5.02 Å². The minimum absolute atomic E-state index is 0.0851. The molecule has 1 aliphatic rings. The highest BCUT2D eigenvalue weighted by molar-refractivity contribution is 6.41. The number of benzene rings is 1. The summed E-state index contributed by atoms with van der Waals surface area (Å²) in [7, 11) is 0. The number of ketones is 1. The number of aliphatic hydroxyl groups excluding tert-OH is 1. The van der Waals surface area contributed by atoms with Gasteiger partial charge < -0.3 is 10.2 Å². The number of carboxylic acids is 1. The molecule has 0 fully saturated rings. The van der Waals surface area contributed by atoms with E-state index in [0.717, 1.165) is 5.56 Å². The second kappa shape index (κ2) is 4.22. The molecule has 0 amide bonds. The van der Waals surface area contributed by atoms with E-state index < -0.39 is 11.8 Å². The van der Waals surface area contributed by atoms with E-state index in [4.69, 9.17) is 16.7 Å². The van der Waals surface area contributed by atoms with Gasteiger partial charge in [-0.3, -0.25) is 4.79 Å². The second-order valence-corrected chi connectivity index (χ2v) is 4.14. The van der Waals surface area contributed by atoms with Crippen LogP contribution in [0, 0.1) is 0 Å². The summed E-state index contributed by atoms with van der Waals surface area (Å²) in [4.78, 5) is 22.0. The zero-order valence-corrected chi connectivity index (χ0v) is 9.49. The van der Waals surface area contributed by atoms with Crippen LogP contribution < -0.4 is 0 Å². The van der Waals surface area contributed by atoms with Crippen molar-refractivity contribution < 1.29 is 19.8 Å². The molecule has 88 valence electrons. The summed E-state index contributed by atoms with van der Waals surface area (Å²) in [5.41, 5.74) is 1.10. The Hall–Kier alpha value is -1.81. The van der Waals surface area contributed by atoms with Gasteiger partial charge in [0.2, 0.25) is 0 Å². The van der Waals surface area contributed by atoms with Crippen molar-refractivity contribution in [3.8, 4) is 0 Å². The number of rotatable bonds is 2. The van der Waals surface area contributed by atoms with Gasteiger partial charge in [-0.15, -0.1) is 0 Å². The van der Waals surface area contributed by atoms with Crippen LogP contribution in [0.4, 0.5) is 0 Å². The highest BCUT2D eigenvalue weighted by atomic mass is 35.5. The molecule has 0 atom stereocenters. The molecule has 0 aromatic heterocycles. The van der Waals surface area contributed by atoms with E-state index in [2.05, 4.69) is 0 Å². The molecule has 0 heterocycles. The Kier molecular flexibility index (Phi) is 2.90. The van der Waals surface area contributed by atoms with Crippen LogP contribution in [-0.4, -0.2) is 22.0 Å². The molecule has 0 saturated carbocycles. The zero-order chi connectivity index (χ0) is 12.6. The molecule has 0 saturated heterocycles. The van der Waals surface area contributed by atoms with Crippen LogP contribution in [0.3, 0.4) is 0 Å². The lowest BCUT2D eigenvalue weighted by Gasteiger charge is -2.18. The minimum atomic E-state index is -1.57. The summed E-state index contributed by atoms with van der Waals surface area (Å²) in [6.45, 7) is 0. The summed E-state index contributed by atoms with van der Waals surface area (Å²) >= 11 is 5.93. The monoisotopic (exact) mass is 252 g/mol. The molecule has 0 unspecified atom stereocenters. The van der Waals surface area contributed by atoms with Gasteiger partial charge in [0.25, 0.3) is 5.78 Å². The van der Waals surface area contributed by atoms with E-state index in [1.54, 1.807) is 18.2 Å². The molecule has 5 heteroatoms. The van der Waals surface area contributed by atoms with Crippen LogP contribution in [0.25, 0.3) is 5.76 Å². The molecule has 1 aliphatic carbocycles. The third kappa shape index (κ3) is 1.91. The number of hydrogen-bond acceptors (Lipinski definition) is 3. The summed E-state index contributed by atoms with van der Waals surface area (Å²) in [6.07, 6.45) is 0.707. The van der Waals surface area contributed by atoms with Crippen LogP contribution in [0.5, 0.6) is 0 Å². The van der Waals surface area contributed by atoms with E-state index in [9.17, 15) is 14.7 Å². The van der Waals surface area contributed by atoms with Crippen molar-refractivity contribution >= 4 is 29.1 Å². The van der Waals surface area contributed by atoms with Crippen molar-refractivity contribution in [1.82, 2.24) is 0 Å². The van der Waals surface area contributed by atoms with Crippen molar-refractivity contribution in [3.63, 3.8) is 0 Å². The molecule has 0 spiro atoms. The quantitative estimate of drug-likeness (QED) is 0.792. The number of carbonyl (C=O) groups is 2. The Bertz CT molecular complexity index is 545. The Morgan fingerprint density at radius 1 is 1.24 bits per heavy atom. The van der Waals surface area contributed by atoms with Gasteiger partial charge in [0.1, 0.15) is 5.76 Å². The standard InChI is InChI=1S/C12H9ClO4/c13-8-3-1-2-6-4-5-7(10(14)9(6)8)11(15)12(16)17/h1-3,14H,4-5H2,(H,16,17). The molecule has 2 rings (SSSR count). The second-order valence-electron chi connectivity index (χ2n) is 3.74. The van der Waals surface area contributed by atoms with Gasteiger partial charge in [-0.2, -0.15) is 0 Å². The predicted octanol–water partition coefficient (Wildman–Crippen LogP) is 2.21. The molecular weight excluding hydrogens is 244 g/mol. The Labute approximate surface area is 102 Å². The molecule has 17 heavy (non-hydrogen) atoms. The largest absolute Gasteiger partial charge is 0.507 e. The van der Waals surface area contributed by atoms with Crippen LogP contribution in [0.1, 0.15) is 17.5 Å². The highest BCUT2D eigenvalue weighted by Gasteiger charge is 2.28. The summed E-state index contributed by atoms with van der Waals surface area (Å²) < 4.78 is 0. The number of carboxylic acid groups (broad SMARTS) is 1. The topological polar surface area (TPSA) is 74.6 Å². The average molecular weight is 253 g/mol. The number of aryl methyl sites for hydroxylation is 1. The Morgan fingerprint density at radius 3 is 2.59 bits per heavy atom. The van der Waals surface area contributed by atoms with Gasteiger partial charge in [0.15, 0.2) is 0 Å². The lowest BCUT2D eigenvalue weighted by molar-refractivity contribution is -0.147. The van der Waals surface area contributed by atoms with Gasteiger partial charge >= 0.3 is 5.97 Å². The zero-order valence-electron chi connectivity index (χ0n) is 8.74. The van der Waals surface area contributed by atoms with E-state index in [1.807, 2.05) is 0 Å². The number of aliphatic hydroxyl groups is 1. The molecular formula is C12H9ClO4. The molecule has 0 bridgehead atoms. The number of carbonyl (C=O) groups excluding carboxylic acids is 1. The predicted molar refractivity (Wildman–Crippen MR) is 62.0 cm³/mol. The van der Waals surface area contributed by atoms with Crippen molar-refractivity contribution in [3.05, 3.63) is 39.9 Å². The van der Waals surface area contributed by atoms with Crippen molar-refractivity contribution in [2.45, 2.75) is 12.8 Å². The third-order valence-electron chi connectivity index (χ3n) is 2.74. The van der Waals surface area contributed by atoms with Gasteiger partial charge in [-0.05, 0) is 24.5 Å². The summed E-state index contributed by atoms with van der Waals surface area (Å²) in [6, 6.07) is 5.13. The van der Waals surface area contributed by atoms with Crippen LogP contribution in [0.2, 0.25) is 5.02 Å². The first-order valence-corrected chi connectivity index (χ1v) is 5.37. The van der Waals surface area contributed by atoms with Crippen LogP contribution in [0.15, 0.2) is 23.8 Å². The Balaban J connectivity index is 2.59. The van der Waals surface area contributed by atoms with Gasteiger partial charge in [-0.25, -0.2) is 4.79 Å². The maximum absolute atomic E-state index is 11.4. The minimum Gasteiger partial charge on any atom is -0.507 e. The Morgan fingerprint density at radius 2 is 1.94 bits per heavy atom. The van der Waals surface area contributed by atoms with E-state index in [-0.39, 0.29) is 17.8 Å². The van der Waals surface area contributed by atoms with Crippen molar-refractivity contribution in [1.29, 1.82) is 0 Å². The van der Waals surface area contributed by atoms with Gasteiger partial charge in [-0.1, -0.05) is 23.7 Å². The summed E-state index contributed by atoms with van der Waals surface area (Å²) in [5, 5.41) is 18.9. The third-order valence-corrected chi connectivity index (χ3v) is 3.05. The molecule has 4 nitrogen and oxygen atoms in total. The number of hydrogen-bond donors (Lipinski definition) is 2. The number of aliphatic carboxylic acids is 1. The smallest absolute Gasteiger partial charge is 0.377 e. The maximum Gasteiger partial charge on any atom is 0.377 e. The fraction of sp³-hybridized carbons (Fsp3) is 0.167. The molecule has 0 radical (unpaired) electrons. The first-order valence-electron chi connectivity index (χ1n) is 5.00. The number of Topliss-reactive ketones (excluding diaryl/α,β-unsaturated/α-hetero) is 1. The summed E-state index contributed by atoms with van der Waals surface area (Å²) in [5.74, 6) is -2.96. The molecule has 0 aliphatic heterocycles. The lowest BCUT2D eigenvalue weighted by atomic mass is 9.88. The fourth-order valence-corrected chi connectivity index (χ4v) is 2.21. The van der Waals surface area contributed by atoms with Crippen molar-refractivity contribution in [2.24, 2.45) is 0 Å². The van der Waals surface area contributed by atoms with Crippen LogP contribution >= 0.6 is 11.6 Å². The first-order chi connectivity index (χ1) is 8.02. The van der Waals surface area contributed by atoms with Crippen molar-refractivity contribution in [2.75, 3.05) is 0 Å². The van der Waals surface area contributed by atoms with E-state index in [0.29, 0.717) is 17.0 Å². The number of fused-ring (bicyclic) bond motifs is 1. The lowest BCUT2D eigenvalue weighted by Crippen LogP contribution is -2.20.